The van der Waals surface area contributed by atoms with Crippen LogP contribution in [0, 0.1) is 5.92 Å². The van der Waals surface area contributed by atoms with Crippen LogP contribution in [0.25, 0.3) is 11.1 Å². The maximum atomic E-state index is 12.5. The third kappa shape index (κ3) is 2.89. The molecule has 0 spiro atoms. The molecule has 3 aliphatic heterocycles. The lowest BCUT2D eigenvalue weighted by Crippen LogP contribution is -2.57. The van der Waals surface area contributed by atoms with E-state index in [2.05, 4.69) is 15.3 Å². The fourth-order valence-corrected chi connectivity index (χ4v) is 3.74. The van der Waals surface area contributed by atoms with Crippen molar-refractivity contribution >= 4 is 6.03 Å². The SMILES string of the molecule is COc1cccc(-c2cnn(C(=O)N[C@H]3CN4CCC3CC4)c2)c1. The molecule has 0 aliphatic carbocycles. The minimum absolute atomic E-state index is 0.150. The summed E-state index contributed by atoms with van der Waals surface area (Å²) in [5.41, 5.74) is 1.88. The monoisotopic (exact) mass is 326 g/mol. The molecule has 1 N–H and O–H groups in total. The number of carbonyl (C=O) groups is 1. The molecule has 126 valence electrons. The number of ether oxygens (including phenoxy) is 1. The van der Waals surface area contributed by atoms with Gasteiger partial charge in [-0.3, -0.25) is 0 Å². The number of fused-ring (bicyclic) bond motifs is 3. The Kier molecular flexibility index (Phi) is 3.98. The Morgan fingerprint density at radius 3 is 2.83 bits per heavy atom. The number of methoxy groups -OCH3 is 1. The number of rotatable bonds is 3. The van der Waals surface area contributed by atoms with Gasteiger partial charge in [0.2, 0.25) is 0 Å². The van der Waals surface area contributed by atoms with E-state index in [1.54, 1.807) is 19.5 Å². The number of amides is 1. The summed E-state index contributed by atoms with van der Waals surface area (Å²) in [5.74, 6) is 1.39. The molecule has 2 bridgehead atoms. The first-order chi connectivity index (χ1) is 11.7. The van der Waals surface area contributed by atoms with Gasteiger partial charge in [-0.15, -0.1) is 0 Å². The summed E-state index contributed by atoms with van der Waals surface area (Å²) in [4.78, 5) is 14.9. The number of hydrogen-bond acceptors (Lipinski definition) is 4. The van der Waals surface area contributed by atoms with Gasteiger partial charge < -0.3 is 15.0 Å². The average Bonchev–Trinajstić information content (AvgIpc) is 3.13. The first-order valence-corrected chi connectivity index (χ1v) is 8.45. The zero-order valence-electron chi connectivity index (χ0n) is 13.8. The van der Waals surface area contributed by atoms with Crippen molar-refractivity contribution in [2.24, 2.45) is 5.92 Å². The summed E-state index contributed by atoms with van der Waals surface area (Å²) in [6.07, 6.45) is 5.84. The lowest BCUT2D eigenvalue weighted by Gasteiger charge is -2.44. The molecule has 6 heteroatoms. The predicted molar refractivity (Wildman–Crippen MR) is 91.1 cm³/mol. The van der Waals surface area contributed by atoms with Gasteiger partial charge in [-0.1, -0.05) is 12.1 Å². The van der Waals surface area contributed by atoms with Crippen LogP contribution < -0.4 is 10.1 Å². The minimum atomic E-state index is -0.150. The van der Waals surface area contributed by atoms with Gasteiger partial charge in [-0.05, 0) is 49.5 Å². The van der Waals surface area contributed by atoms with Crippen molar-refractivity contribution in [1.82, 2.24) is 20.0 Å². The second-order valence-corrected chi connectivity index (χ2v) is 6.60. The summed E-state index contributed by atoms with van der Waals surface area (Å²) in [6, 6.07) is 7.83. The maximum absolute atomic E-state index is 12.5. The van der Waals surface area contributed by atoms with Gasteiger partial charge in [0, 0.05) is 24.3 Å². The molecule has 0 unspecified atom stereocenters. The largest absolute Gasteiger partial charge is 0.497 e. The maximum Gasteiger partial charge on any atom is 0.342 e. The van der Waals surface area contributed by atoms with Crippen LogP contribution in [0.4, 0.5) is 4.79 Å². The van der Waals surface area contributed by atoms with Crippen molar-refractivity contribution in [3.63, 3.8) is 0 Å². The van der Waals surface area contributed by atoms with Crippen molar-refractivity contribution in [2.45, 2.75) is 18.9 Å². The summed E-state index contributed by atoms with van der Waals surface area (Å²) in [6.45, 7) is 3.29. The topological polar surface area (TPSA) is 59.4 Å². The Labute approximate surface area is 141 Å². The third-order valence-corrected chi connectivity index (χ3v) is 5.16. The molecular weight excluding hydrogens is 304 g/mol. The highest BCUT2D eigenvalue weighted by atomic mass is 16.5. The van der Waals surface area contributed by atoms with E-state index in [-0.39, 0.29) is 12.1 Å². The molecule has 0 saturated carbocycles. The van der Waals surface area contributed by atoms with Crippen molar-refractivity contribution in [3.8, 4) is 16.9 Å². The molecule has 1 aromatic carbocycles. The van der Waals surface area contributed by atoms with E-state index < -0.39 is 0 Å². The molecule has 1 aromatic heterocycles. The average molecular weight is 326 g/mol. The van der Waals surface area contributed by atoms with Crippen LogP contribution in [-0.2, 0) is 0 Å². The lowest BCUT2D eigenvalue weighted by atomic mass is 9.84. The molecule has 3 aliphatic rings. The van der Waals surface area contributed by atoms with Gasteiger partial charge in [0.1, 0.15) is 5.75 Å². The highest BCUT2D eigenvalue weighted by molar-refractivity contribution is 5.78. The van der Waals surface area contributed by atoms with E-state index >= 15 is 0 Å². The fraction of sp³-hybridized carbons (Fsp3) is 0.444. The highest BCUT2D eigenvalue weighted by Gasteiger charge is 2.35. The third-order valence-electron chi connectivity index (χ3n) is 5.16. The highest BCUT2D eigenvalue weighted by Crippen LogP contribution is 2.27. The van der Waals surface area contributed by atoms with Gasteiger partial charge in [-0.25, -0.2) is 4.79 Å². The van der Waals surface area contributed by atoms with E-state index in [1.807, 2.05) is 24.3 Å². The van der Waals surface area contributed by atoms with Crippen molar-refractivity contribution < 1.29 is 9.53 Å². The zero-order chi connectivity index (χ0) is 16.5. The molecule has 3 fully saturated rings. The van der Waals surface area contributed by atoms with Crippen LogP contribution in [-0.4, -0.2) is 53.5 Å². The zero-order valence-corrected chi connectivity index (χ0v) is 13.8. The molecule has 2 aromatic rings. The Balaban J connectivity index is 1.47. The van der Waals surface area contributed by atoms with Gasteiger partial charge in [0.15, 0.2) is 0 Å². The number of nitrogens with one attached hydrogen (secondary N) is 1. The second kappa shape index (κ2) is 6.28. The molecule has 0 radical (unpaired) electrons. The summed E-state index contributed by atoms with van der Waals surface area (Å²) in [7, 11) is 1.64. The van der Waals surface area contributed by atoms with Crippen molar-refractivity contribution in [2.75, 3.05) is 26.7 Å². The summed E-state index contributed by atoms with van der Waals surface area (Å²) in [5, 5.41) is 7.37. The van der Waals surface area contributed by atoms with E-state index in [0.29, 0.717) is 5.92 Å². The smallest absolute Gasteiger partial charge is 0.342 e. The van der Waals surface area contributed by atoms with Gasteiger partial charge in [0.25, 0.3) is 0 Å². The number of hydrogen-bond donors (Lipinski definition) is 1. The first kappa shape index (κ1) is 15.2. The second-order valence-electron chi connectivity index (χ2n) is 6.60. The molecule has 5 rings (SSSR count). The molecule has 24 heavy (non-hydrogen) atoms. The van der Waals surface area contributed by atoms with Crippen LogP contribution in [0.15, 0.2) is 36.7 Å². The quantitative estimate of drug-likeness (QED) is 0.939. The summed E-state index contributed by atoms with van der Waals surface area (Å²) < 4.78 is 6.64. The normalized spacial score (nSPS) is 25.5. The van der Waals surface area contributed by atoms with Crippen LogP contribution >= 0.6 is 0 Å². The van der Waals surface area contributed by atoms with Crippen LogP contribution in [0.2, 0.25) is 0 Å². The fourth-order valence-electron chi connectivity index (χ4n) is 3.74. The van der Waals surface area contributed by atoms with E-state index in [4.69, 9.17) is 4.74 Å². The Morgan fingerprint density at radius 1 is 1.29 bits per heavy atom. The number of nitrogens with zero attached hydrogens (tertiary/aromatic N) is 3. The Morgan fingerprint density at radius 2 is 2.12 bits per heavy atom. The standard InChI is InChI=1S/C18H22N4O2/c1-24-16-4-2-3-14(9-16)15-10-19-22(11-15)18(23)20-17-12-21-7-5-13(17)6-8-21/h2-4,9-11,13,17H,5-8,12H2,1H3,(H,20,23)/t17-/m0/s1. The minimum Gasteiger partial charge on any atom is -0.497 e. The molecule has 6 nitrogen and oxygen atoms in total. The molecular formula is C18H22N4O2. The van der Waals surface area contributed by atoms with E-state index in [1.165, 1.54) is 30.6 Å². The molecule has 1 amide bonds. The number of benzene rings is 1. The number of carbonyl (C=O) groups excluding carboxylic acids is 1. The van der Waals surface area contributed by atoms with Crippen molar-refractivity contribution in [3.05, 3.63) is 36.7 Å². The number of aromatic nitrogens is 2. The molecule has 4 heterocycles. The molecule has 3 saturated heterocycles. The lowest BCUT2D eigenvalue weighted by molar-refractivity contribution is 0.0765. The van der Waals surface area contributed by atoms with Gasteiger partial charge in [0.05, 0.1) is 13.3 Å². The Hall–Kier alpha value is -2.34. The molecule has 1 atom stereocenters. The Bertz CT molecular complexity index is 734. The van der Waals surface area contributed by atoms with Gasteiger partial charge >= 0.3 is 6.03 Å². The van der Waals surface area contributed by atoms with E-state index in [0.717, 1.165) is 23.4 Å². The van der Waals surface area contributed by atoms with Crippen LogP contribution in [0.5, 0.6) is 5.75 Å². The van der Waals surface area contributed by atoms with Crippen molar-refractivity contribution in [1.29, 1.82) is 0 Å². The first-order valence-electron chi connectivity index (χ1n) is 8.45. The van der Waals surface area contributed by atoms with Gasteiger partial charge in [-0.2, -0.15) is 9.78 Å². The van der Waals surface area contributed by atoms with E-state index in [9.17, 15) is 4.79 Å². The number of piperidine rings is 3. The summed E-state index contributed by atoms with van der Waals surface area (Å²) >= 11 is 0. The predicted octanol–water partition coefficient (Wildman–Crippen LogP) is 2.21. The van der Waals surface area contributed by atoms with Crippen LogP contribution in [0.1, 0.15) is 12.8 Å². The van der Waals surface area contributed by atoms with Crippen LogP contribution in [0.3, 0.4) is 0 Å².